The van der Waals surface area contributed by atoms with E-state index in [9.17, 15) is 24.1 Å². The smallest absolute Gasteiger partial charge is 0.273 e. The van der Waals surface area contributed by atoms with E-state index in [1.165, 1.54) is 10.9 Å². The molecule has 5 atom stereocenters. The Morgan fingerprint density at radius 2 is 2.00 bits per heavy atom. The van der Waals surface area contributed by atoms with E-state index in [4.69, 9.17) is 4.74 Å². The molecular formula is C14H17F2N3O4. The maximum absolute atomic E-state index is 13.3. The zero-order valence-corrected chi connectivity index (χ0v) is 12.5. The molecule has 0 radical (unpaired) electrons. The number of aromatic nitrogens is 3. The van der Waals surface area contributed by atoms with Crippen molar-refractivity contribution in [2.45, 2.75) is 50.4 Å². The Balaban J connectivity index is 1.96. The van der Waals surface area contributed by atoms with E-state index in [0.29, 0.717) is 23.7 Å². The number of aryl methyl sites for hydroxylation is 1. The first-order valence-corrected chi connectivity index (χ1v) is 7.07. The second kappa shape index (κ2) is 5.45. The Morgan fingerprint density at radius 3 is 2.65 bits per heavy atom. The molecule has 3 rings (SSSR count). The van der Waals surface area contributed by atoms with Crippen LogP contribution in [0.25, 0.3) is 11.0 Å². The van der Waals surface area contributed by atoms with Crippen LogP contribution < -0.4 is 0 Å². The molecule has 0 unspecified atom stereocenters. The molecule has 1 aliphatic heterocycles. The lowest BCUT2D eigenvalue weighted by molar-refractivity contribution is -0.172. The molecule has 3 heterocycles. The Morgan fingerprint density at radius 1 is 1.30 bits per heavy atom. The second-order valence-electron chi connectivity index (χ2n) is 5.79. The standard InChI is InChI=1S/C14H17F2N3O4/c1-6-7-3-4-19(12(7)18-5-17-6)13-9(21)8(20)10(23-13)11(22)14(2,15)16/h3-5,8-11,13,20-22H,1-2H3/t8-,9+,10-,11-,13+/m0/s1. The minimum absolute atomic E-state index is 0.437. The topological polar surface area (TPSA) is 101 Å². The van der Waals surface area contributed by atoms with E-state index in [1.54, 1.807) is 19.2 Å². The minimum atomic E-state index is -3.47. The van der Waals surface area contributed by atoms with Gasteiger partial charge in [0.25, 0.3) is 5.92 Å². The van der Waals surface area contributed by atoms with Crippen molar-refractivity contribution in [2.75, 3.05) is 0 Å². The van der Waals surface area contributed by atoms with Crippen molar-refractivity contribution in [1.29, 1.82) is 0 Å². The van der Waals surface area contributed by atoms with Gasteiger partial charge in [-0.15, -0.1) is 0 Å². The molecule has 1 saturated heterocycles. The van der Waals surface area contributed by atoms with Gasteiger partial charge in [0.15, 0.2) is 6.23 Å². The summed E-state index contributed by atoms with van der Waals surface area (Å²) in [5.74, 6) is -3.47. The van der Waals surface area contributed by atoms with Gasteiger partial charge in [-0.3, -0.25) is 0 Å². The molecule has 1 fully saturated rings. The van der Waals surface area contributed by atoms with Gasteiger partial charge in [0.2, 0.25) is 0 Å². The van der Waals surface area contributed by atoms with Crippen molar-refractivity contribution in [1.82, 2.24) is 14.5 Å². The number of rotatable bonds is 3. The Kier molecular flexibility index (Phi) is 3.83. The van der Waals surface area contributed by atoms with Crippen LogP contribution in [-0.4, -0.2) is 60.2 Å². The van der Waals surface area contributed by atoms with E-state index in [2.05, 4.69) is 9.97 Å². The van der Waals surface area contributed by atoms with Crippen LogP contribution >= 0.6 is 0 Å². The largest absolute Gasteiger partial charge is 0.387 e. The summed E-state index contributed by atoms with van der Waals surface area (Å²) in [5.41, 5.74) is 1.14. The fourth-order valence-corrected chi connectivity index (χ4v) is 2.77. The Hall–Kier alpha value is -1.68. The number of halogens is 2. The van der Waals surface area contributed by atoms with E-state index in [-0.39, 0.29) is 0 Å². The van der Waals surface area contributed by atoms with Gasteiger partial charge in [0.1, 0.15) is 36.4 Å². The molecule has 9 heteroatoms. The van der Waals surface area contributed by atoms with Crippen molar-refractivity contribution in [3.8, 4) is 0 Å². The number of alkyl halides is 2. The van der Waals surface area contributed by atoms with Crippen LogP contribution in [0.15, 0.2) is 18.6 Å². The average molecular weight is 329 g/mol. The summed E-state index contributed by atoms with van der Waals surface area (Å²) in [5, 5.41) is 30.5. The average Bonchev–Trinajstić information content (AvgIpc) is 3.02. The zero-order chi connectivity index (χ0) is 16.9. The lowest BCUT2D eigenvalue weighted by Gasteiger charge is -2.25. The summed E-state index contributed by atoms with van der Waals surface area (Å²) in [7, 11) is 0. The van der Waals surface area contributed by atoms with Crippen LogP contribution in [-0.2, 0) is 4.74 Å². The molecule has 0 aromatic carbocycles. The molecule has 0 spiro atoms. The van der Waals surface area contributed by atoms with Crippen molar-refractivity contribution in [2.24, 2.45) is 0 Å². The first kappa shape index (κ1) is 16.2. The molecule has 126 valence electrons. The molecule has 0 bridgehead atoms. The van der Waals surface area contributed by atoms with Gasteiger partial charge < -0.3 is 24.6 Å². The highest BCUT2D eigenvalue weighted by Gasteiger charge is 2.52. The van der Waals surface area contributed by atoms with Crippen LogP contribution in [0.4, 0.5) is 8.78 Å². The van der Waals surface area contributed by atoms with Gasteiger partial charge in [-0.2, -0.15) is 0 Å². The summed E-state index contributed by atoms with van der Waals surface area (Å²) < 4.78 is 33.4. The van der Waals surface area contributed by atoms with Crippen LogP contribution in [0, 0.1) is 6.92 Å². The molecule has 23 heavy (non-hydrogen) atoms. The van der Waals surface area contributed by atoms with E-state index >= 15 is 0 Å². The van der Waals surface area contributed by atoms with Crippen molar-refractivity contribution in [3.05, 3.63) is 24.3 Å². The highest BCUT2D eigenvalue weighted by atomic mass is 19.3. The highest BCUT2D eigenvalue weighted by Crippen LogP contribution is 2.36. The van der Waals surface area contributed by atoms with Gasteiger partial charge >= 0.3 is 0 Å². The van der Waals surface area contributed by atoms with Gasteiger partial charge in [0, 0.05) is 18.5 Å². The number of ether oxygens (including phenoxy) is 1. The van der Waals surface area contributed by atoms with E-state index in [1.807, 2.05) is 0 Å². The molecule has 0 amide bonds. The van der Waals surface area contributed by atoms with Crippen LogP contribution in [0.5, 0.6) is 0 Å². The summed E-state index contributed by atoms with van der Waals surface area (Å²) in [4.78, 5) is 8.13. The number of nitrogens with zero attached hydrogens (tertiary/aromatic N) is 3. The van der Waals surface area contributed by atoms with Crippen LogP contribution in [0.1, 0.15) is 18.8 Å². The first-order chi connectivity index (χ1) is 10.7. The molecule has 0 aliphatic carbocycles. The summed E-state index contributed by atoms with van der Waals surface area (Å²) in [6.45, 7) is 2.30. The van der Waals surface area contributed by atoms with Gasteiger partial charge in [0.05, 0.1) is 5.69 Å². The normalized spacial score (nSPS) is 30.0. The van der Waals surface area contributed by atoms with E-state index < -0.39 is 36.6 Å². The Labute approximate surface area is 130 Å². The quantitative estimate of drug-likeness (QED) is 0.752. The first-order valence-electron chi connectivity index (χ1n) is 7.07. The SMILES string of the molecule is Cc1ncnc2c1ccn2[C@@H]1O[C@H]([C@H](O)C(C)(F)F)[C@@H](O)[C@H]1O. The summed E-state index contributed by atoms with van der Waals surface area (Å²) in [6.07, 6.45) is -5.24. The number of hydrogen-bond donors (Lipinski definition) is 3. The van der Waals surface area contributed by atoms with E-state index in [0.717, 1.165) is 0 Å². The van der Waals surface area contributed by atoms with Gasteiger partial charge in [-0.05, 0) is 13.0 Å². The predicted molar refractivity (Wildman–Crippen MR) is 74.8 cm³/mol. The molecule has 1 aliphatic rings. The second-order valence-corrected chi connectivity index (χ2v) is 5.79. The maximum Gasteiger partial charge on any atom is 0.273 e. The zero-order valence-electron chi connectivity index (χ0n) is 12.5. The summed E-state index contributed by atoms with van der Waals surface area (Å²) >= 11 is 0. The molecule has 7 nitrogen and oxygen atoms in total. The molecule has 2 aromatic rings. The Bertz CT molecular complexity index is 718. The van der Waals surface area contributed by atoms with Crippen molar-refractivity contribution in [3.63, 3.8) is 0 Å². The molecular weight excluding hydrogens is 312 g/mol. The van der Waals surface area contributed by atoms with Gasteiger partial charge in [-0.1, -0.05) is 0 Å². The molecule has 3 N–H and O–H groups in total. The van der Waals surface area contributed by atoms with Crippen molar-refractivity contribution < 1.29 is 28.8 Å². The lowest BCUT2D eigenvalue weighted by atomic mass is 10.0. The van der Waals surface area contributed by atoms with Crippen LogP contribution in [0.3, 0.4) is 0 Å². The number of hydrogen-bond acceptors (Lipinski definition) is 6. The fraction of sp³-hybridized carbons (Fsp3) is 0.571. The molecule has 2 aromatic heterocycles. The van der Waals surface area contributed by atoms with Crippen molar-refractivity contribution >= 4 is 11.0 Å². The van der Waals surface area contributed by atoms with Gasteiger partial charge in [-0.25, -0.2) is 18.7 Å². The predicted octanol–water partition coefficient (Wildman–Crippen LogP) is 0.375. The third kappa shape index (κ3) is 2.59. The number of fused-ring (bicyclic) bond motifs is 1. The minimum Gasteiger partial charge on any atom is -0.387 e. The number of aliphatic hydroxyl groups is 3. The number of aliphatic hydroxyl groups excluding tert-OH is 3. The third-order valence-corrected chi connectivity index (χ3v) is 4.09. The lowest BCUT2D eigenvalue weighted by Crippen LogP contribution is -2.47. The summed E-state index contributed by atoms with van der Waals surface area (Å²) in [6, 6.07) is 1.70. The fourth-order valence-electron chi connectivity index (χ4n) is 2.77. The van der Waals surface area contributed by atoms with Crippen LogP contribution in [0.2, 0.25) is 0 Å². The monoisotopic (exact) mass is 329 g/mol. The highest BCUT2D eigenvalue weighted by molar-refractivity contribution is 5.78. The third-order valence-electron chi connectivity index (χ3n) is 4.09. The maximum atomic E-state index is 13.3. The molecule has 0 saturated carbocycles.